The van der Waals surface area contributed by atoms with Gasteiger partial charge >= 0.3 is 11.9 Å². The topological polar surface area (TPSA) is 115 Å². The molecule has 0 aromatic carbocycles. The molecule has 0 aromatic heterocycles. The van der Waals surface area contributed by atoms with E-state index in [0.717, 1.165) is 0 Å². The Labute approximate surface area is 104 Å². The molecule has 0 aliphatic carbocycles. The van der Waals surface area contributed by atoms with Crippen molar-refractivity contribution in [1.29, 1.82) is 0 Å². The van der Waals surface area contributed by atoms with Gasteiger partial charge < -0.3 is 34.3 Å². The van der Waals surface area contributed by atoms with Crippen LogP contribution < -0.4 is 0 Å². The zero-order chi connectivity index (χ0) is 13.8. The molecule has 18 heavy (non-hydrogen) atoms. The zero-order valence-corrected chi connectivity index (χ0v) is 10.1. The third-order valence-corrected chi connectivity index (χ3v) is 1.54. The van der Waals surface area contributed by atoms with Gasteiger partial charge in [0, 0.05) is 0 Å². The lowest BCUT2D eigenvalue weighted by atomic mass is 10.5. The molecule has 0 unspecified atom stereocenters. The second-order valence-electron chi connectivity index (χ2n) is 2.82. The number of carbonyl (C=O) groups is 1. The van der Waals surface area contributed by atoms with Gasteiger partial charge in [0.2, 0.25) is 0 Å². The van der Waals surface area contributed by atoms with Crippen molar-refractivity contribution in [1.82, 2.24) is 0 Å². The Hall–Kier alpha value is -1.51. The van der Waals surface area contributed by atoms with Crippen LogP contribution in [0.5, 0.6) is 0 Å². The Morgan fingerprint density at radius 3 is 1.89 bits per heavy atom. The van der Waals surface area contributed by atoms with Gasteiger partial charge in [-0.15, -0.1) is 0 Å². The molecule has 8 nitrogen and oxygen atoms in total. The first kappa shape index (κ1) is 16.5. The highest BCUT2D eigenvalue weighted by Crippen LogP contribution is 2.11. The van der Waals surface area contributed by atoms with E-state index in [1.165, 1.54) is 7.11 Å². The number of carbonyl (C=O) groups excluding carboxylic acids is 1. The molecular formula is C10H18O8. The Balaban J connectivity index is 4.77. The van der Waals surface area contributed by atoms with E-state index in [1.54, 1.807) is 0 Å². The summed E-state index contributed by atoms with van der Waals surface area (Å²) in [6.07, 6.45) is 0. The number of methoxy groups -OCH3 is 1. The molecule has 0 atom stereocenters. The van der Waals surface area contributed by atoms with Crippen LogP contribution in [0.4, 0.5) is 0 Å². The first-order chi connectivity index (χ1) is 8.71. The summed E-state index contributed by atoms with van der Waals surface area (Å²) < 4.78 is 19.3. The standard InChI is InChI=1S/C10H18O8/c1-15-10(18-7-4-13)8(16-5-2-11)9(14)17-6-3-12/h11-13H,2-7H2,1H3. The molecule has 0 aromatic rings. The third kappa shape index (κ3) is 6.28. The zero-order valence-electron chi connectivity index (χ0n) is 10.1. The van der Waals surface area contributed by atoms with Crippen LogP contribution in [0.2, 0.25) is 0 Å². The van der Waals surface area contributed by atoms with Crippen molar-refractivity contribution in [2.24, 2.45) is 0 Å². The second-order valence-corrected chi connectivity index (χ2v) is 2.82. The van der Waals surface area contributed by atoms with E-state index >= 15 is 0 Å². The molecule has 3 N–H and O–H groups in total. The van der Waals surface area contributed by atoms with Crippen LogP contribution in [0, 0.1) is 0 Å². The summed E-state index contributed by atoms with van der Waals surface area (Å²) in [5.74, 6) is -1.53. The van der Waals surface area contributed by atoms with E-state index in [2.05, 4.69) is 4.74 Å². The highest BCUT2D eigenvalue weighted by molar-refractivity contribution is 5.86. The maximum atomic E-state index is 11.6. The number of aliphatic hydroxyl groups excluding tert-OH is 3. The summed E-state index contributed by atoms with van der Waals surface area (Å²) in [6, 6.07) is 0. The average Bonchev–Trinajstić information content (AvgIpc) is 2.39. The Bertz CT molecular complexity index is 263. The molecule has 0 rings (SSSR count). The molecule has 0 bridgehead atoms. The lowest BCUT2D eigenvalue weighted by Crippen LogP contribution is -2.19. The summed E-state index contributed by atoms with van der Waals surface area (Å²) in [4.78, 5) is 11.6. The molecule has 0 radical (unpaired) electrons. The number of aliphatic hydroxyl groups is 3. The van der Waals surface area contributed by atoms with Crippen LogP contribution in [-0.2, 0) is 23.7 Å². The smallest absolute Gasteiger partial charge is 0.381 e. The lowest BCUT2D eigenvalue weighted by molar-refractivity contribution is -0.146. The van der Waals surface area contributed by atoms with Crippen molar-refractivity contribution >= 4 is 5.97 Å². The minimum atomic E-state index is -0.896. The van der Waals surface area contributed by atoms with E-state index in [0.29, 0.717) is 0 Å². The van der Waals surface area contributed by atoms with Gasteiger partial charge in [0.05, 0.1) is 26.9 Å². The maximum Gasteiger partial charge on any atom is 0.381 e. The lowest BCUT2D eigenvalue weighted by Gasteiger charge is -2.13. The third-order valence-electron chi connectivity index (χ3n) is 1.54. The molecule has 0 aliphatic heterocycles. The average molecular weight is 266 g/mol. The van der Waals surface area contributed by atoms with Crippen molar-refractivity contribution in [2.45, 2.75) is 0 Å². The Kier molecular flexibility index (Phi) is 9.74. The monoisotopic (exact) mass is 266 g/mol. The molecular weight excluding hydrogens is 248 g/mol. The van der Waals surface area contributed by atoms with Crippen LogP contribution in [0.15, 0.2) is 11.7 Å². The van der Waals surface area contributed by atoms with E-state index < -0.39 is 5.97 Å². The van der Waals surface area contributed by atoms with Crippen molar-refractivity contribution in [3.8, 4) is 0 Å². The summed E-state index contributed by atoms with van der Waals surface area (Å²) in [5.41, 5.74) is 0. The number of esters is 1. The van der Waals surface area contributed by atoms with E-state index in [-0.39, 0.29) is 51.3 Å². The van der Waals surface area contributed by atoms with E-state index in [9.17, 15) is 4.79 Å². The van der Waals surface area contributed by atoms with Gasteiger partial charge in [-0.3, -0.25) is 0 Å². The van der Waals surface area contributed by atoms with Crippen molar-refractivity contribution in [3.05, 3.63) is 11.7 Å². The minimum absolute atomic E-state index is 0.0948. The molecule has 0 heterocycles. The second kappa shape index (κ2) is 10.6. The van der Waals surface area contributed by atoms with Gasteiger partial charge in [-0.2, -0.15) is 0 Å². The number of rotatable bonds is 10. The fraction of sp³-hybridized carbons (Fsp3) is 0.700. The SMILES string of the molecule is COC(OCCO)=C(OCCO)C(=O)OCCO. The van der Waals surface area contributed by atoms with Crippen molar-refractivity contribution in [2.75, 3.05) is 46.8 Å². The summed E-state index contributed by atoms with van der Waals surface area (Å²) in [6.45, 7) is -1.37. The van der Waals surface area contributed by atoms with E-state index in [4.69, 9.17) is 29.5 Å². The van der Waals surface area contributed by atoms with Crippen molar-refractivity contribution in [3.63, 3.8) is 0 Å². The summed E-state index contributed by atoms with van der Waals surface area (Å²) in [5, 5.41) is 25.8. The van der Waals surface area contributed by atoms with Gasteiger partial charge in [-0.25, -0.2) is 4.79 Å². The number of hydrogen-bond donors (Lipinski definition) is 3. The van der Waals surface area contributed by atoms with Gasteiger partial charge in [0.15, 0.2) is 0 Å². The first-order valence-corrected chi connectivity index (χ1v) is 5.24. The largest absolute Gasteiger partial charge is 0.479 e. The normalized spacial score (nSPS) is 11.6. The van der Waals surface area contributed by atoms with Crippen LogP contribution in [0.1, 0.15) is 0 Å². The predicted molar refractivity (Wildman–Crippen MR) is 58.2 cm³/mol. The molecule has 8 heteroatoms. The highest BCUT2D eigenvalue weighted by atomic mass is 16.7. The number of ether oxygens (including phenoxy) is 4. The Morgan fingerprint density at radius 1 is 0.889 bits per heavy atom. The van der Waals surface area contributed by atoms with Crippen LogP contribution in [0.3, 0.4) is 0 Å². The molecule has 0 saturated heterocycles. The molecule has 0 fully saturated rings. The maximum absolute atomic E-state index is 11.6. The summed E-state index contributed by atoms with van der Waals surface area (Å²) >= 11 is 0. The summed E-state index contributed by atoms with van der Waals surface area (Å²) in [7, 11) is 1.24. The quantitative estimate of drug-likeness (QED) is 0.245. The fourth-order valence-electron chi connectivity index (χ4n) is 0.908. The fourth-order valence-corrected chi connectivity index (χ4v) is 0.908. The minimum Gasteiger partial charge on any atom is -0.479 e. The molecule has 0 aliphatic rings. The van der Waals surface area contributed by atoms with Gasteiger partial charge in [0.1, 0.15) is 19.8 Å². The van der Waals surface area contributed by atoms with E-state index in [1.807, 2.05) is 0 Å². The van der Waals surface area contributed by atoms with Crippen LogP contribution in [0.25, 0.3) is 0 Å². The van der Waals surface area contributed by atoms with Crippen molar-refractivity contribution < 1.29 is 39.1 Å². The predicted octanol–water partition coefficient (Wildman–Crippen LogP) is -1.64. The van der Waals surface area contributed by atoms with Gasteiger partial charge in [0.25, 0.3) is 5.76 Å². The highest BCUT2D eigenvalue weighted by Gasteiger charge is 2.22. The molecule has 0 spiro atoms. The molecule has 0 saturated carbocycles. The molecule has 0 amide bonds. The van der Waals surface area contributed by atoms with Crippen LogP contribution >= 0.6 is 0 Å². The van der Waals surface area contributed by atoms with Gasteiger partial charge in [-0.05, 0) is 0 Å². The van der Waals surface area contributed by atoms with Gasteiger partial charge in [-0.1, -0.05) is 0 Å². The Morgan fingerprint density at radius 2 is 1.39 bits per heavy atom. The van der Waals surface area contributed by atoms with Crippen LogP contribution in [-0.4, -0.2) is 68.0 Å². The molecule has 106 valence electrons. The number of hydrogen-bond acceptors (Lipinski definition) is 8. The first-order valence-electron chi connectivity index (χ1n) is 5.24.